The van der Waals surface area contributed by atoms with E-state index in [1.165, 1.54) is 12.8 Å². The van der Waals surface area contributed by atoms with Gasteiger partial charge in [0.25, 0.3) is 0 Å². The van der Waals surface area contributed by atoms with E-state index < -0.39 is 5.97 Å². The van der Waals surface area contributed by atoms with E-state index >= 15 is 0 Å². The smallest absolute Gasteiger partial charge is 0.305 e. The zero-order valence-corrected chi connectivity index (χ0v) is 9.02. The van der Waals surface area contributed by atoms with Crippen molar-refractivity contribution >= 4 is 5.97 Å². The van der Waals surface area contributed by atoms with Crippen LogP contribution in [0.4, 0.5) is 0 Å². The highest BCUT2D eigenvalue weighted by Gasteiger charge is 2.31. The average molecular weight is 213 g/mol. The molecule has 2 fully saturated rings. The molecule has 15 heavy (non-hydrogen) atoms. The first-order valence-electron chi connectivity index (χ1n) is 5.83. The van der Waals surface area contributed by atoms with Crippen molar-refractivity contribution in [2.45, 2.75) is 44.2 Å². The van der Waals surface area contributed by atoms with Gasteiger partial charge >= 0.3 is 5.97 Å². The standard InChI is InChI=1S/C11H19NO3/c13-11(14)5-8-15-10-3-6-12(7-4-10)9-1-2-9/h9-10H,1-8H2,(H,13,14). The molecule has 2 rings (SSSR count). The van der Waals surface area contributed by atoms with Crippen LogP contribution in [0, 0.1) is 0 Å². The number of carbonyl (C=O) groups is 1. The number of rotatable bonds is 5. The van der Waals surface area contributed by atoms with Gasteiger partial charge in [0.15, 0.2) is 0 Å². The fraction of sp³-hybridized carbons (Fsp3) is 0.909. The summed E-state index contributed by atoms with van der Waals surface area (Å²) in [6, 6.07) is 0.852. The molecule has 4 heteroatoms. The van der Waals surface area contributed by atoms with E-state index in [1.54, 1.807) is 0 Å². The topological polar surface area (TPSA) is 49.8 Å². The second-order valence-corrected chi connectivity index (χ2v) is 4.48. The summed E-state index contributed by atoms with van der Waals surface area (Å²) < 4.78 is 5.53. The predicted molar refractivity (Wildman–Crippen MR) is 55.8 cm³/mol. The summed E-state index contributed by atoms with van der Waals surface area (Å²) in [6.45, 7) is 2.62. The molecule has 1 N–H and O–H groups in total. The van der Waals surface area contributed by atoms with Crippen LogP contribution in [-0.4, -0.2) is 47.8 Å². The van der Waals surface area contributed by atoms with Crippen molar-refractivity contribution in [3.05, 3.63) is 0 Å². The van der Waals surface area contributed by atoms with E-state index in [9.17, 15) is 4.79 Å². The maximum atomic E-state index is 10.3. The summed E-state index contributed by atoms with van der Waals surface area (Å²) in [5.41, 5.74) is 0. The average Bonchev–Trinajstić information content (AvgIpc) is 3.02. The Morgan fingerprint density at radius 2 is 1.93 bits per heavy atom. The van der Waals surface area contributed by atoms with Crippen LogP contribution in [-0.2, 0) is 9.53 Å². The van der Waals surface area contributed by atoms with Crippen LogP contribution in [0.1, 0.15) is 32.1 Å². The summed E-state index contributed by atoms with van der Waals surface area (Å²) in [6.07, 6.45) is 5.28. The Balaban J connectivity index is 1.58. The van der Waals surface area contributed by atoms with Gasteiger partial charge in [-0.2, -0.15) is 0 Å². The quantitative estimate of drug-likeness (QED) is 0.743. The molecule has 0 bridgehead atoms. The van der Waals surface area contributed by atoms with Crippen molar-refractivity contribution in [3.8, 4) is 0 Å². The third-order valence-electron chi connectivity index (χ3n) is 3.21. The molecule has 0 aromatic rings. The van der Waals surface area contributed by atoms with Gasteiger partial charge in [0.05, 0.1) is 19.1 Å². The van der Waals surface area contributed by atoms with Crippen molar-refractivity contribution in [2.24, 2.45) is 0 Å². The van der Waals surface area contributed by atoms with Crippen LogP contribution >= 0.6 is 0 Å². The maximum absolute atomic E-state index is 10.3. The molecule has 86 valence electrons. The largest absolute Gasteiger partial charge is 0.481 e. The Morgan fingerprint density at radius 1 is 1.27 bits per heavy atom. The molecule has 1 aliphatic heterocycles. The highest BCUT2D eigenvalue weighted by molar-refractivity contribution is 5.66. The predicted octanol–water partition coefficient (Wildman–Crippen LogP) is 1.10. The number of carboxylic acids is 1. The third kappa shape index (κ3) is 3.47. The fourth-order valence-electron chi connectivity index (χ4n) is 2.16. The lowest BCUT2D eigenvalue weighted by molar-refractivity contribution is -0.138. The van der Waals surface area contributed by atoms with Gasteiger partial charge in [-0.05, 0) is 25.7 Å². The molecule has 0 unspecified atom stereocenters. The molecule has 1 saturated carbocycles. The number of hydrogen-bond donors (Lipinski definition) is 1. The first kappa shape index (κ1) is 10.9. The van der Waals surface area contributed by atoms with E-state index in [4.69, 9.17) is 9.84 Å². The summed E-state index contributed by atoms with van der Waals surface area (Å²) in [5, 5.41) is 8.48. The van der Waals surface area contributed by atoms with Crippen molar-refractivity contribution in [2.75, 3.05) is 19.7 Å². The van der Waals surface area contributed by atoms with Crippen LogP contribution in [0.25, 0.3) is 0 Å². The number of likely N-dealkylation sites (tertiary alicyclic amines) is 1. The molecule has 1 saturated heterocycles. The van der Waals surface area contributed by atoms with Crippen LogP contribution in [0.3, 0.4) is 0 Å². The third-order valence-corrected chi connectivity index (χ3v) is 3.21. The van der Waals surface area contributed by atoms with E-state index in [-0.39, 0.29) is 6.42 Å². The summed E-state index contributed by atoms with van der Waals surface area (Å²) in [7, 11) is 0. The number of carboxylic acid groups (broad SMARTS) is 1. The molecule has 1 heterocycles. The van der Waals surface area contributed by atoms with Crippen molar-refractivity contribution in [1.82, 2.24) is 4.90 Å². The van der Waals surface area contributed by atoms with Crippen LogP contribution in [0.2, 0.25) is 0 Å². The highest BCUT2D eigenvalue weighted by atomic mass is 16.5. The number of nitrogens with zero attached hydrogens (tertiary/aromatic N) is 1. The Bertz CT molecular complexity index is 220. The monoisotopic (exact) mass is 213 g/mol. The molecule has 0 aromatic carbocycles. The molecule has 2 aliphatic rings. The SMILES string of the molecule is O=C(O)CCOC1CCN(C2CC2)CC1. The van der Waals surface area contributed by atoms with Crippen LogP contribution in [0.15, 0.2) is 0 Å². The normalized spacial score (nSPS) is 24.3. The Hall–Kier alpha value is -0.610. The van der Waals surface area contributed by atoms with Crippen LogP contribution in [0.5, 0.6) is 0 Å². The Morgan fingerprint density at radius 3 is 2.47 bits per heavy atom. The highest BCUT2D eigenvalue weighted by Crippen LogP contribution is 2.29. The molecule has 0 atom stereocenters. The van der Waals surface area contributed by atoms with Crippen molar-refractivity contribution < 1.29 is 14.6 Å². The lowest BCUT2D eigenvalue weighted by Crippen LogP contribution is -2.38. The van der Waals surface area contributed by atoms with Crippen molar-refractivity contribution in [1.29, 1.82) is 0 Å². The van der Waals surface area contributed by atoms with Gasteiger partial charge in [-0.25, -0.2) is 0 Å². The lowest BCUT2D eigenvalue weighted by Gasteiger charge is -2.31. The molecule has 0 aromatic heterocycles. The second-order valence-electron chi connectivity index (χ2n) is 4.48. The maximum Gasteiger partial charge on any atom is 0.305 e. The summed E-state index contributed by atoms with van der Waals surface area (Å²) in [5.74, 6) is -0.773. The number of piperidine rings is 1. The summed E-state index contributed by atoms with van der Waals surface area (Å²) >= 11 is 0. The lowest BCUT2D eigenvalue weighted by atomic mass is 10.1. The minimum Gasteiger partial charge on any atom is -0.481 e. The Kier molecular flexibility index (Phi) is 3.59. The number of ether oxygens (including phenoxy) is 1. The second kappa shape index (κ2) is 4.94. The molecular weight excluding hydrogens is 194 g/mol. The van der Waals surface area contributed by atoms with E-state index in [0.29, 0.717) is 12.7 Å². The first-order valence-corrected chi connectivity index (χ1v) is 5.83. The minimum atomic E-state index is -0.773. The zero-order chi connectivity index (χ0) is 10.7. The summed E-state index contributed by atoms with van der Waals surface area (Å²) in [4.78, 5) is 12.8. The van der Waals surface area contributed by atoms with Gasteiger partial charge in [0.2, 0.25) is 0 Å². The Labute approximate surface area is 90.2 Å². The fourth-order valence-corrected chi connectivity index (χ4v) is 2.16. The number of aliphatic carboxylic acids is 1. The van der Waals surface area contributed by atoms with Gasteiger partial charge < -0.3 is 14.7 Å². The first-order chi connectivity index (χ1) is 7.25. The molecule has 0 radical (unpaired) electrons. The van der Waals surface area contributed by atoms with Gasteiger partial charge in [-0.3, -0.25) is 4.79 Å². The molecule has 1 aliphatic carbocycles. The van der Waals surface area contributed by atoms with Gasteiger partial charge in [0.1, 0.15) is 0 Å². The van der Waals surface area contributed by atoms with E-state index in [2.05, 4.69) is 4.90 Å². The van der Waals surface area contributed by atoms with Gasteiger partial charge in [0, 0.05) is 19.1 Å². The molecule has 0 amide bonds. The van der Waals surface area contributed by atoms with Gasteiger partial charge in [-0.15, -0.1) is 0 Å². The molecular formula is C11H19NO3. The van der Waals surface area contributed by atoms with E-state index in [1.807, 2.05) is 0 Å². The van der Waals surface area contributed by atoms with Crippen LogP contribution < -0.4 is 0 Å². The number of hydrogen-bond acceptors (Lipinski definition) is 3. The van der Waals surface area contributed by atoms with E-state index in [0.717, 1.165) is 32.0 Å². The molecule has 4 nitrogen and oxygen atoms in total. The van der Waals surface area contributed by atoms with Crippen molar-refractivity contribution in [3.63, 3.8) is 0 Å². The van der Waals surface area contributed by atoms with Gasteiger partial charge in [-0.1, -0.05) is 0 Å². The minimum absolute atomic E-state index is 0.128. The zero-order valence-electron chi connectivity index (χ0n) is 9.02. The molecule has 0 spiro atoms.